The van der Waals surface area contributed by atoms with Crippen molar-refractivity contribution in [2.24, 2.45) is 5.92 Å². The molecule has 1 saturated heterocycles. The Labute approximate surface area is 130 Å². The van der Waals surface area contributed by atoms with Gasteiger partial charge in [0, 0.05) is 18.8 Å². The molecule has 3 heterocycles. The lowest BCUT2D eigenvalue weighted by molar-refractivity contribution is 0.369. The zero-order valence-corrected chi connectivity index (χ0v) is 13.3. The summed E-state index contributed by atoms with van der Waals surface area (Å²) in [6.07, 6.45) is 4.33. The van der Waals surface area contributed by atoms with Gasteiger partial charge in [-0.05, 0) is 57.8 Å². The number of hydrogen-bond acceptors (Lipinski definition) is 4. The van der Waals surface area contributed by atoms with Gasteiger partial charge < -0.3 is 10.2 Å². The van der Waals surface area contributed by atoms with Gasteiger partial charge in [0.2, 0.25) is 5.95 Å². The van der Waals surface area contributed by atoms with Crippen LogP contribution in [0.5, 0.6) is 0 Å². The number of rotatable bonds is 4. The topological polar surface area (TPSA) is 45.5 Å². The summed E-state index contributed by atoms with van der Waals surface area (Å²) in [5, 5.41) is 8.73. The summed E-state index contributed by atoms with van der Waals surface area (Å²) in [5.74, 6) is 1.45. The molecule has 114 valence electrons. The van der Waals surface area contributed by atoms with Crippen LogP contribution < -0.4 is 10.2 Å². The van der Waals surface area contributed by atoms with Crippen LogP contribution in [0.1, 0.15) is 26.7 Å². The third-order valence-corrected chi connectivity index (χ3v) is 4.24. The van der Waals surface area contributed by atoms with Crippen LogP contribution in [0.2, 0.25) is 5.02 Å². The Morgan fingerprint density at radius 2 is 2.33 bits per heavy atom. The number of fused-ring (bicyclic) bond motifs is 1. The van der Waals surface area contributed by atoms with Gasteiger partial charge in [-0.2, -0.15) is 4.98 Å². The molecule has 0 aromatic carbocycles. The molecule has 1 atom stereocenters. The van der Waals surface area contributed by atoms with Gasteiger partial charge in [-0.3, -0.25) is 0 Å². The van der Waals surface area contributed by atoms with Gasteiger partial charge in [0.1, 0.15) is 0 Å². The quantitative estimate of drug-likeness (QED) is 0.943. The summed E-state index contributed by atoms with van der Waals surface area (Å²) in [6.45, 7) is 7.60. The van der Waals surface area contributed by atoms with Gasteiger partial charge in [0.25, 0.3) is 0 Å². The highest BCUT2D eigenvalue weighted by Crippen LogP contribution is 2.20. The first-order chi connectivity index (χ1) is 10.1. The van der Waals surface area contributed by atoms with E-state index in [2.05, 4.69) is 34.1 Å². The zero-order chi connectivity index (χ0) is 14.8. The molecule has 1 aliphatic heterocycles. The average Bonchev–Trinajstić information content (AvgIpc) is 2.88. The van der Waals surface area contributed by atoms with Crippen molar-refractivity contribution in [1.29, 1.82) is 0 Å². The number of aromatic nitrogens is 3. The van der Waals surface area contributed by atoms with E-state index in [4.69, 9.17) is 11.6 Å². The predicted molar refractivity (Wildman–Crippen MR) is 86.1 cm³/mol. The molecular formula is C15H22ClN5. The van der Waals surface area contributed by atoms with Crippen LogP contribution in [0.3, 0.4) is 0 Å². The second-order valence-corrected chi connectivity index (χ2v) is 6.46. The van der Waals surface area contributed by atoms with Crippen LogP contribution in [0.15, 0.2) is 18.3 Å². The molecule has 0 bridgehead atoms. The van der Waals surface area contributed by atoms with Gasteiger partial charge in [-0.1, -0.05) is 11.6 Å². The largest absolute Gasteiger partial charge is 0.337 e. The molecule has 21 heavy (non-hydrogen) atoms. The lowest BCUT2D eigenvalue weighted by atomic mass is 9.99. The zero-order valence-electron chi connectivity index (χ0n) is 12.6. The molecule has 3 rings (SSSR count). The van der Waals surface area contributed by atoms with Crippen molar-refractivity contribution in [3.8, 4) is 0 Å². The molecule has 1 unspecified atom stereocenters. The number of pyridine rings is 1. The molecule has 5 nitrogen and oxygen atoms in total. The van der Waals surface area contributed by atoms with Gasteiger partial charge in [-0.25, -0.2) is 4.52 Å². The molecule has 1 fully saturated rings. The van der Waals surface area contributed by atoms with Crippen LogP contribution in [-0.4, -0.2) is 40.3 Å². The van der Waals surface area contributed by atoms with Crippen LogP contribution in [0.4, 0.5) is 5.95 Å². The minimum absolute atomic E-state index is 0.375. The maximum atomic E-state index is 6.02. The van der Waals surface area contributed by atoms with Gasteiger partial charge in [0.15, 0.2) is 5.65 Å². The lowest BCUT2D eigenvalue weighted by Gasteiger charge is -2.32. The second kappa shape index (κ2) is 6.20. The average molecular weight is 308 g/mol. The highest BCUT2D eigenvalue weighted by atomic mass is 35.5. The Bertz CT molecular complexity index is 603. The van der Waals surface area contributed by atoms with Crippen LogP contribution in [-0.2, 0) is 0 Å². The number of nitrogens with one attached hydrogen (secondary N) is 1. The minimum Gasteiger partial charge on any atom is -0.337 e. The summed E-state index contributed by atoms with van der Waals surface area (Å²) in [5.41, 5.74) is 0.835. The highest BCUT2D eigenvalue weighted by Gasteiger charge is 2.22. The Morgan fingerprint density at radius 1 is 1.48 bits per heavy atom. The molecule has 0 saturated carbocycles. The normalized spacial score (nSPS) is 19.3. The maximum Gasteiger partial charge on any atom is 0.245 e. The van der Waals surface area contributed by atoms with E-state index in [0.717, 1.165) is 31.2 Å². The minimum atomic E-state index is 0.375. The van der Waals surface area contributed by atoms with Gasteiger partial charge in [0.05, 0.1) is 5.02 Å². The molecule has 0 spiro atoms. The number of nitrogens with zero attached hydrogens (tertiary/aromatic N) is 4. The van der Waals surface area contributed by atoms with E-state index in [-0.39, 0.29) is 0 Å². The molecule has 0 aliphatic carbocycles. The Hall–Kier alpha value is -1.33. The highest BCUT2D eigenvalue weighted by molar-refractivity contribution is 6.30. The molecule has 1 aliphatic rings. The van der Waals surface area contributed by atoms with E-state index >= 15 is 0 Å². The molecule has 6 heteroatoms. The fourth-order valence-electron chi connectivity index (χ4n) is 2.85. The van der Waals surface area contributed by atoms with Crippen molar-refractivity contribution >= 4 is 23.2 Å². The Morgan fingerprint density at radius 3 is 3.05 bits per heavy atom. The number of piperidine rings is 1. The van der Waals surface area contributed by atoms with E-state index < -0.39 is 0 Å². The molecular weight excluding hydrogens is 286 g/mol. The van der Waals surface area contributed by atoms with Crippen molar-refractivity contribution < 1.29 is 0 Å². The fraction of sp³-hybridized carbons (Fsp3) is 0.600. The standard InChI is InChI=1S/C15H22ClN5/c1-11(2)20(9-12-4-3-7-17-8-12)15-18-14-6-5-13(16)10-21(14)19-15/h5-6,10-12,17H,3-4,7-9H2,1-2H3. The lowest BCUT2D eigenvalue weighted by Crippen LogP contribution is -2.41. The Balaban J connectivity index is 1.84. The molecule has 2 aromatic rings. The summed E-state index contributed by atoms with van der Waals surface area (Å²) in [7, 11) is 0. The fourth-order valence-corrected chi connectivity index (χ4v) is 3.00. The third-order valence-electron chi connectivity index (χ3n) is 4.02. The van der Waals surface area contributed by atoms with Crippen molar-refractivity contribution in [1.82, 2.24) is 19.9 Å². The van der Waals surface area contributed by atoms with E-state index in [1.807, 2.05) is 12.1 Å². The summed E-state index contributed by atoms with van der Waals surface area (Å²) in [6, 6.07) is 4.12. The van der Waals surface area contributed by atoms with Crippen molar-refractivity contribution in [3.05, 3.63) is 23.4 Å². The van der Waals surface area contributed by atoms with E-state index in [1.165, 1.54) is 12.8 Å². The summed E-state index contributed by atoms with van der Waals surface area (Å²) >= 11 is 6.02. The van der Waals surface area contributed by atoms with Crippen molar-refractivity contribution in [2.45, 2.75) is 32.7 Å². The van der Waals surface area contributed by atoms with Gasteiger partial charge >= 0.3 is 0 Å². The molecule has 2 aromatic heterocycles. The first kappa shape index (κ1) is 14.6. The number of anilines is 1. The monoisotopic (exact) mass is 307 g/mol. The van der Waals surface area contributed by atoms with Crippen molar-refractivity contribution in [3.63, 3.8) is 0 Å². The predicted octanol–water partition coefficient (Wildman–Crippen LogP) is 2.60. The molecule has 0 amide bonds. The van der Waals surface area contributed by atoms with Crippen LogP contribution in [0.25, 0.3) is 5.65 Å². The SMILES string of the molecule is CC(C)N(CC1CCCNC1)c1nc2ccc(Cl)cn2n1. The van der Waals surface area contributed by atoms with Crippen molar-refractivity contribution in [2.75, 3.05) is 24.5 Å². The first-order valence-corrected chi connectivity index (χ1v) is 8.00. The number of halogens is 1. The maximum absolute atomic E-state index is 6.02. The molecule has 0 radical (unpaired) electrons. The Kier molecular flexibility index (Phi) is 4.31. The van der Waals surface area contributed by atoms with Gasteiger partial charge in [-0.15, -0.1) is 5.10 Å². The molecule has 1 N–H and O–H groups in total. The van der Waals surface area contributed by atoms with Crippen LogP contribution in [0, 0.1) is 5.92 Å². The first-order valence-electron chi connectivity index (χ1n) is 7.63. The van der Waals surface area contributed by atoms with E-state index in [1.54, 1.807) is 10.7 Å². The second-order valence-electron chi connectivity index (χ2n) is 6.02. The van der Waals surface area contributed by atoms with E-state index in [9.17, 15) is 0 Å². The van der Waals surface area contributed by atoms with Crippen LogP contribution >= 0.6 is 11.6 Å². The number of hydrogen-bond donors (Lipinski definition) is 1. The summed E-state index contributed by atoms with van der Waals surface area (Å²) < 4.78 is 1.76. The third kappa shape index (κ3) is 3.30. The smallest absolute Gasteiger partial charge is 0.245 e. The van der Waals surface area contributed by atoms with E-state index in [0.29, 0.717) is 17.0 Å². The summed E-state index contributed by atoms with van der Waals surface area (Å²) in [4.78, 5) is 6.93.